The van der Waals surface area contributed by atoms with Gasteiger partial charge in [-0.2, -0.15) is 22.6 Å². The predicted octanol–water partition coefficient (Wildman–Crippen LogP) is 3.38. The third-order valence-corrected chi connectivity index (χ3v) is 7.34. The molecule has 0 aliphatic carbocycles. The van der Waals surface area contributed by atoms with Crippen LogP contribution in [0.1, 0.15) is 15.9 Å². The fourth-order valence-electron chi connectivity index (χ4n) is 3.48. The first kappa shape index (κ1) is 21.6. The number of halogens is 4. The van der Waals surface area contributed by atoms with E-state index in [2.05, 4.69) is 10.2 Å². The van der Waals surface area contributed by atoms with Crippen LogP contribution in [0.3, 0.4) is 0 Å². The van der Waals surface area contributed by atoms with Gasteiger partial charge in [-0.1, -0.05) is 23.7 Å². The molecule has 31 heavy (non-hydrogen) atoms. The van der Waals surface area contributed by atoms with Gasteiger partial charge >= 0.3 is 6.18 Å². The highest BCUT2D eigenvalue weighted by Gasteiger charge is 2.36. The van der Waals surface area contributed by atoms with Crippen molar-refractivity contribution < 1.29 is 26.4 Å². The first-order chi connectivity index (χ1) is 14.6. The molecule has 1 amide bonds. The smallest absolute Gasteiger partial charge is 0.336 e. The molecule has 7 nitrogen and oxygen atoms in total. The highest BCUT2D eigenvalue weighted by atomic mass is 35.5. The molecule has 0 atom stereocenters. The summed E-state index contributed by atoms with van der Waals surface area (Å²) in [7, 11) is -4.18. The van der Waals surface area contributed by atoms with Crippen molar-refractivity contribution >= 4 is 38.4 Å². The number of fused-ring (bicyclic) bond motifs is 1. The molecule has 12 heteroatoms. The van der Waals surface area contributed by atoms with Crippen molar-refractivity contribution in [2.75, 3.05) is 26.2 Å². The van der Waals surface area contributed by atoms with Gasteiger partial charge in [0.15, 0.2) is 0 Å². The van der Waals surface area contributed by atoms with E-state index < -0.39 is 31.7 Å². The van der Waals surface area contributed by atoms with E-state index in [1.54, 1.807) is 24.4 Å². The summed E-state index contributed by atoms with van der Waals surface area (Å²) in [6.07, 6.45) is -3.18. The Labute approximate surface area is 180 Å². The van der Waals surface area contributed by atoms with Gasteiger partial charge in [0.1, 0.15) is 0 Å². The van der Waals surface area contributed by atoms with Crippen molar-refractivity contribution in [3.8, 4) is 0 Å². The Morgan fingerprint density at radius 2 is 1.81 bits per heavy atom. The van der Waals surface area contributed by atoms with Crippen molar-refractivity contribution in [2.24, 2.45) is 0 Å². The number of para-hydroxylation sites is 1. The fraction of sp³-hybridized carbons (Fsp3) is 0.263. The fourth-order valence-corrected chi connectivity index (χ4v) is 5.15. The van der Waals surface area contributed by atoms with Crippen LogP contribution in [0.15, 0.2) is 47.5 Å². The lowest BCUT2D eigenvalue weighted by molar-refractivity contribution is -0.137. The average molecular weight is 473 g/mol. The number of aromatic nitrogens is 2. The molecule has 0 saturated carbocycles. The number of H-pyrrole nitrogens is 1. The number of alkyl halides is 3. The molecule has 0 radical (unpaired) electrons. The van der Waals surface area contributed by atoms with Crippen LogP contribution in [0.2, 0.25) is 5.02 Å². The van der Waals surface area contributed by atoms with E-state index in [1.807, 2.05) is 0 Å². The first-order valence-electron chi connectivity index (χ1n) is 9.17. The highest BCUT2D eigenvalue weighted by molar-refractivity contribution is 7.89. The molecular formula is C19H16ClF3N4O3S. The zero-order valence-corrected chi connectivity index (χ0v) is 17.4. The minimum absolute atomic E-state index is 0.0446. The van der Waals surface area contributed by atoms with Crippen molar-refractivity contribution in [1.29, 1.82) is 0 Å². The van der Waals surface area contributed by atoms with Crippen molar-refractivity contribution in [2.45, 2.75) is 11.1 Å². The summed E-state index contributed by atoms with van der Waals surface area (Å²) in [5.41, 5.74) is -0.209. The first-order valence-corrected chi connectivity index (χ1v) is 11.0. The number of amides is 1. The highest BCUT2D eigenvalue weighted by Crippen LogP contribution is 2.36. The van der Waals surface area contributed by atoms with Crippen LogP contribution in [0, 0.1) is 0 Å². The molecule has 1 aliphatic rings. The SMILES string of the molecule is O=C(c1cccc2cn[nH]c12)N1CCN(S(=O)(=O)c2ccc(Cl)c(C(F)(F)F)c2)CC1. The molecule has 2 heterocycles. The molecule has 1 aliphatic heterocycles. The summed E-state index contributed by atoms with van der Waals surface area (Å²) in [5.74, 6) is -0.280. The summed E-state index contributed by atoms with van der Waals surface area (Å²) in [6, 6.07) is 7.68. The monoisotopic (exact) mass is 472 g/mol. The van der Waals surface area contributed by atoms with Gasteiger partial charge < -0.3 is 4.90 Å². The zero-order chi connectivity index (χ0) is 22.4. The molecule has 3 aromatic rings. The van der Waals surface area contributed by atoms with Crippen LogP contribution in [-0.4, -0.2) is 59.9 Å². The summed E-state index contributed by atoms with van der Waals surface area (Å²) in [4.78, 5) is 13.9. The Balaban J connectivity index is 1.52. The van der Waals surface area contributed by atoms with Gasteiger partial charge in [0.05, 0.1) is 32.8 Å². The second-order valence-electron chi connectivity index (χ2n) is 6.98. The molecule has 164 valence electrons. The van der Waals surface area contributed by atoms with Crippen molar-refractivity contribution in [3.63, 3.8) is 0 Å². The van der Waals surface area contributed by atoms with E-state index in [0.29, 0.717) is 17.1 Å². The molecule has 4 rings (SSSR count). The molecule has 1 saturated heterocycles. The van der Waals surface area contributed by atoms with Crippen LogP contribution in [0.25, 0.3) is 10.9 Å². The Hall–Kier alpha value is -2.63. The zero-order valence-electron chi connectivity index (χ0n) is 15.9. The summed E-state index contributed by atoms with van der Waals surface area (Å²) >= 11 is 5.58. The Morgan fingerprint density at radius 3 is 2.48 bits per heavy atom. The molecule has 0 bridgehead atoms. The van der Waals surface area contributed by atoms with Gasteiger partial charge in [-0.3, -0.25) is 9.89 Å². The van der Waals surface area contributed by atoms with Gasteiger partial charge in [0.2, 0.25) is 10.0 Å². The second-order valence-corrected chi connectivity index (χ2v) is 9.32. The molecule has 0 spiro atoms. The minimum atomic E-state index is -4.78. The lowest BCUT2D eigenvalue weighted by atomic mass is 10.1. The standard InChI is InChI=1S/C19H16ClF3N4O3S/c20-16-5-4-13(10-15(16)19(21,22)23)31(29,30)27-8-6-26(7-9-27)18(28)14-3-1-2-12-11-24-25-17(12)14/h1-5,10-11H,6-9H2,(H,24,25). The van der Waals surface area contributed by atoms with E-state index in [4.69, 9.17) is 11.6 Å². The second kappa shape index (κ2) is 7.81. The lowest BCUT2D eigenvalue weighted by Gasteiger charge is -2.34. The van der Waals surface area contributed by atoms with Crippen molar-refractivity contribution in [1.82, 2.24) is 19.4 Å². The summed E-state index contributed by atoms with van der Waals surface area (Å²) in [6.45, 7) is 0.110. The number of nitrogens with one attached hydrogen (secondary N) is 1. The van der Waals surface area contributed by atoms with Crippen LogP contribution < -0.4 is 0 Å². The summed E-state index contributed by atoms with van der Waals surface area (Å²) in [5, 5.41) is 6.90. The molecule has 0 unspecified atom stereocenters. The average Bonchev–Trinajstić information content (AvgIpc) is 3.21. The Bertz CT molecular complexity index is 1250. The van der Waals surface area contributed by atoms with Gasteiger partial charge in [-0.25, -0.2) is 8.42 Å². The number of sulfonamides is 1. The predicted molar refractivity (Wildman–Crippen MR) is 107 cm³/mol. The topological polar surface area (TPSA) is 86.4 Å². The maximum atomic E-state index is 13.1. The van der Waals surface area contributed by atoms with Crippen LogP contribution in [0.4, 0.5) is 13.2 Å². The number of rotatable bonds is 3. The number of carbonyl (C=O) groups excluding carboxylic acids is 1. The number of hydrogen-bond donors (Lipinski definition) is 1. The quantitative estimate of drug-likeness (QED) is 0.633. The maximum Gasteiger partial charge on any atom is 0.417 e. The largest absolute Gasteiger partial charge is 0.417 e. The Morgan fingerprint density at radius 1 is 1.10 bits per heavy atom. The van der Waals surface area contributed by atoms with E-state index >= 15 is 0 Å². The van der Waals surface area contributed by atoms with Gasteiger partial charge in [0.25, 0.3) is 5.91 Å². The molecule has 1 N–H and O–H groups in total. The van der Waals surface area contributed by atoms with Crippen molar-refractivity contribution in [3.05, 3.63) is 58.7 Å². The van der Waals surface area contributed by atoms with Crippen LogP contribution in [-0.2, 0) is 16.2 Å². The number of hydrogen-bond acceptors (Lipinski definition) is 4. The van der Waals surface area contributed by atoms with E-state index in [1.165, 1.54) is 4.90 Å². The maximum absolute atomic E-state index is 13.1. The Kier molecular flexibility index (Phi) is 5.44. The van der Waals surface area contributed by atoms with Gasteiger partial charge in [-0.05, 0) is 24.3 Å². The van der Waals surface area contributed by atoms with Gasteiger partial charge in [0, 0.05) is 31.6 Å². The minimum Gasteiger partial charge on any atom is -0.336 e. The number of benzene rings is 2. The lowest BCUT2D eigenvalue weighted by Crippen LogP contribution is -2.50. The molecule has 1 aromatic heterocycles. The number of carbonyl (C=O) groups is 1. The van der Waals surface area contributed by atoms with E-state index in [0.717, 1.165) is 21.8 Å². The summed E-state index contributed by atoms with van der Waals surface area (Å²) < 4.78 is 66.1. The number of piperazine rings is 1. The van der Waals surface area contributed by atoms with Gasteiger partial charge in [-0.15, -0.1) is 0 Å². The van der Waals surface area contributed by atoms with E-state index in [9.17, 15) is 26.4 Å². The molecule has 2 aromatic carbocycles. The molecular weight excluding hydrogens is 457 g/mol. The number of aromatic amines is 1. The van der Waals surface area contributed by atoms with Crippen LogP contribution >= 0.6 is 11.6 Å². The molecule has 1 fully saturated rings. The van der Waals surface area contributed by atoms with E-state index in [-0.39, 0.29) is 32.1 Å². The third kappa shape index (κ3) is 4.00. The van der Waals surface area contributed by atoms with Crippen LogP contribution in [0.5, 0.6) is 0 Å². The third-order valence-electron chi connectivity index (χ3n) is 5.11. The normalized spacial score (nSPS) is 16.1. The number of nitrogens with zero attached hydrogens (tertiary/aromatic N) is 3.